The number of nitrogens with zero attached hydrogens (tertiary/aromatic N) is 4. The summed E-state index contributed by atoms with van der Waals surface area (Å²) < 4.78 is 1.77. The van der Waals surface area contributed by atoms with E-state index in [0.29, 0.717) is 12.2 Å². The molecule has 0 radical (unpaired) electrons. The van der Waals surface area contributed by atoms with Crippen LogP contribution in [-0.4, -0.2) is 51.0 Å². The molecule has 0 aromatic carbocycles. The molecule has 0 saturated heterocycles. The highest BCUT2D eigenvalue weighted by molar-refractivity contribution is 7.99. The van der Waals surface area contributed by atoms with E-state index in [0.717, 1.165) is 31.2 Å². The number of carbonyl (C=O) groups is 1. The molecule has 0 spiro atoms. The van der Waals surface area contributed by atoms with Gasteiger partial charge in [-0.15, -0.1) is 5.10 Å². The summed E-state index contributed by atoms with van der Waals surface area (Å²) in [5, 5.41) is 18.5. The standard InChI is InChI=1S/C12H24N6OS/c1-4-6-13-7-8-18-12(15-16-17-18)20-9-5-11(19)14-10(2)3/h10,13H,4-9H2,1-3H3,(H,14,19). The fourth-order valence-electron chi connectivity index (χ4n) is 1.56. The van der Waals surface area contributed by atoms with Crippen LogP contribution in [0.4, 0.5) is 0 Å². The Morgan fingerprint density at radius 1 is 1.40 bits per heavy atom. The third kappa shape index (κ3) is 6.85. The average molecular weight is 300 g/mol. The highest BCUT2D eigenvalue weighted by Gasteiger charge is 2.08. The summed E-state index contributed by atoms with van der Waals surface area (Å²) in [4.78, 5) is 11.5. The normalized spacial score (nSPS) is 11.0. The summed E-state index contributed by atoms with van der Waals surface area (Å²) in [5.41, 5.74) is 0. The number of thioether (sulfide) groups is 1. The number of rotatable bonds is 10. The molecule has 7 nitrogen and oxygen atoms in total. The van der Waals surface area contributed by atoms with Crippen molar-refractivity contribution < 1.29 is 4.79 Å². The Morgan fingerprint density at radius 3 is 2.90 bits per heavy atom. The van der Waals surface area contributed by atoms with Crippen LogP contribution >= 0.6 is 11.8 Å². The Bertz CT molecular complexity index is 395. The minimum atomic E-state index is 0.0659. The lowest BCUT2D eigenvalue weighted by atomic mass is 10.3. The highest BCUT2D eigenvalue weighted by Crippen LogP contribution is 2.14. The first-order valence-corrected chi connectivity index (χ1v) is 8.01. The maximum atomic E-state index is 11.5. The Morgan fingerprint density at radius 2 is 2.20 bits per heavy atom. The van der Waals surface area contributed by atoms with Gasteiger partial charge in [0.05, 0.1) is 6.54 Å². The van der Waals surface area contributed by atoms with Gasteiger partial charge in [-0.2, -0.15) is 0 Å². The van der Waals surface area contributed by atoms with Crippen LogP contribution in [0.5, 0.6) is 0 Å². The van der Waals surface area contributed by atoms with E-state index < -0.39 is 0 Å². The summed E-state index contributed by atoms with van der Waals surface area (Å²) in [7, 11) is 0. The molecule has 0 atom stereocenters. The highest BCUT2D eigenvalue weighted by atomic mass is 32.2. The first-order chi connectivity index (χ1) is 9.63. The van der Waals surface area contributed by atoms with E-state index in [-0.39, 0.29) is 11.9 Å². The van der Waals surface area contributed by atoms with E-state index >= 15 is 0 Å². The Labute approximate surface area is 124 Å². The van der Waals surface area contributed by atoms with Crippen molar-refractivity contribution in [1.29, 1.82) is 0 Å². The first-order valence-electron chi connectivity index (χ1n) is 7.02. The summed E-state index contributed by atoms with van der Waals surface area (Å²) >= 11 is 1.51. The minimum absolute atomic E-state index is 0.0659. The van der Waals surface area contributed by atoms with E-state index in [1.54, 1.807) is 4.68 Å². The molecule has 8 heteroatoms. The summed E-state index contributed by atoms with van der Waals surface area (Å²) in [6, 6.07) is 0.183. The van der Waals surface area contributed by atoms with Gasteiger partial charge in [-0.1, -0.05) is 18.7 Å². The van der Waals surface area contributed by atoms with E-state index in [9.17, 15) is 4.79 Å². The molecule has 1 amide bonds. The molecule has 0 unspecified atom stereocenters. The molecule has 2 N–H and O–H groups in total. The zero-order valence-electron chi connectivity index (χ0n) is 12.4. The summed E-state index contributed by atoms with van der Waals surface area (Å²) in [6.07, 6.45) is 1.59. The zero-order chi connectivity index (χ0) is 14.8. The van der Waals surface area contributed by atoms with Crippen molar-refractivity contribution in [3.8, 4) is 0 Å². The van der Waals surface area contributed by atoms with Crippen LogP contribution in [0.15, 0.2) is 5.16 Å². The molecule has 0 fully saturated rings. The van der Waals surface area contributed by atoms with Crippen molar-refractivity contribution in [1.82, 2.24) is 30.8 Å². The molecule has 1 aromatic rings. The van der Waals surface area contributed by atoms with Gasteiger partial charge in [0.2, 0.25) is 11.1 Å². The van der Waals surface area contributed by atoms with E-state index in [2.05, 4.69) is 33.1 Å². The van der Waals surface area contributed by atoms with Gasteiger partial charge in [-0.3, -0.25) is 4.79 Å². The van der Waals surface area contributed by atoms with Crippen LogP contribution in [0.1, 0.15) is 33.6 Å². The Hall–Kier alpha value is -1.15. The fourth-order valence-corrected chi connectivity index (χ4v) is 2.40. The van der Waals surface area contributed by atoms with Crippen molar-refractivity contribution in [2.75, 3.05) is 18.8 Å². The molecule has 0 bridgehead atoms. The van der Waals surface area contributed by atoms with Crippen LogP contribution in [0.3, 0.4) is 0 Å². The van der Waals surface area contributed by atoms with Gasteiger partial charge in [0.1, 0.15) is 0 Å². The van der Waals surface area contributed by atoms with Gasteiger partial charge >= 0.3 is 0 Å². The second-order valence-electron chi connectivity index (χ2n) is 4.76. The third-order valence-electron chi connectivity index (χ3n) is 2.44. The summed E-state index contributed by atoms with van der Waals surface area (Å²) in [6.45, 7) is 8.63. The lowest BCUT2D eigenvalue weighted by Gasteiger charge is -2.08. The zero-order valence-corrected chi connectivity index (χ0v) is 13.2. The topological polar surface area (TPSA) is 84.7 Å². The van der Waals surface area contributed by atoms with E-state index in [1.165, 1.54) is 11.8 Å². The predicted molar refractivity (Wildman–Crippen MR) is 79.6 cm³/mol. The molecular formula is C12H24N6OS. The van der Waals surface area contributed by atoms with Gasteiger partial charge in [0.15, 0.2) is 0 Å². The monoisotopic (exact) mass is 300 g/mol. The molecule has 0 aliphatic carbocycles. The predicted octanol–water partition coefficient (Wildman–Crippen LogP) is 0.680. The lowest BCUT2D eigenvalue weighted by molar-refractivity contribution is -0.121. The molecule has 0 aliphatic heterocycles. The van der Waals surface area contributed by atoms with Crippen molar-refractivity contribution in [3.63, 3.8) is 0 Å². The van der Waals surface area contributed by atoms with Gasteiger partial charge < -0.3 is 10.6 Å². The number of hydrogen-bond acceptors (Lipinski definition) is 6. The Kier molecular flexibility index (Phi) is 8.20. The smallest absolute Gasteiger partial charge is 0.221 e. The molecule has 114 valence electrons. The van der Waals surface area contributed by atoms with Crippen molar-refractivity contribution in [2.45, 2.75) is 51.4 Å². The molecule has 0 saturated carbocycles. The van der Waals surface area contributed by atoms with Crippen LogP contribution in [0.25, 0.3) is 0 Å². The fraction of sp³-hybridized carbons (Fsp3) is 0.833. The SMILES string of the molecule is CCCNCCn1nnnc1SCCC(=O)NC(C)C. The second-order valence-corrected chi connectivity index (χ2v) is 5.82. The first kappa shape index (κ1) is 16.9. The Balaban J connectivity index is 2.26. The van der Waals surface area contributed by atoms with Crippen molar-refractivity contribution in [2.24, 2.45) is 0 Å². The van der Waals surface area contributed by atoms with Gasteiger partial charge in [-0.05, 0) is 37.2 Å². The number of hydrogen-bond donors (Lipinski definition) is 2. The van der Waals surface area contributed by atoms with Gasteiger partial charge in [0.25, 0.3) is 0 Å². The number of carbonyl (C=O) groups excluding carboxylic acids is 1. The van der Waals surface area contributed by atoms with Crippen LogP contribution in [-0.2, 0) is 11.3 Å². The molecule has 1 rings (SSSR count). The summed E-state index contributed by atoms with van der Waals surface area (Å²) in [5.74, 6) is 0.748. The van der Waals surface area contributed by atoms with Gasteiger partial charge in [0, 0.05) is 24.8 Å². The van der Waals surface area contributed by atoms with Crippen LogP contribution in [0.2, 0.25) is 0 Å². The maximum absolute atomic E-state index is 11.5. The molecule has 0 aliphatic rings. The largest absolute Gasteiger partial charge is 0.354 e. The minimum Gasteiger partial charge on any atom is -0.354 e. The quantitative estimate of drug-likeness (QED) is 0.488. The molecule has 1 heterocycles. The van der Waals surface area contributed by atoms with Crippen molar-refractivity contribution >= 4 is 17.7 Å². The lowest BCUT2D eigenvalue weighted by Crippen LogP contribution is -2.30. The number of tetrazole rings is 1. The molecule has 1 aromatic heterocycles. The number of amides is 1. The van der Waals surface area contributed by atoms with Crippen LogP contribution < -0.4 is 10.6 Å². The second kappa shape index (κ2) is 9.71. The van der Waals surface area contributed by atoms with Crippen LogP contribution in [0, 0.1) is 0 Å². The maximum Gasteiger partial charge on any atom is 0.221 e. The third-order valence-corrected chi connectivity index (χ3v) is 3.39. The molecular weight excluding hydrogens is 276 g/mol. The van der Waals surface area contributed by atoms with Crippen molar-refractivity contribution in [3.05, 3.63) is 0 Å². The number of nitrogens with one attached hydrogen (secondary N) is 2. The molecule has 20 heavy (non-hydrogen) atoms. The van der Waals surface area contributed by atoms with E-state index in [4.69, 9.17) is 0 Å². The van der Waals surface area contributed by atoms with E-state index in [1.807, 2.05) is 13.8 Å². The average Bonchev–Trinajstić information content (AvgIpc) is 2.81. The van der Waals surface area contributed by atoms with Gasteiger partial charge in [-0.25, -0.2) is 4.68 Å². The number of aromatic nitrogens is 4.